The van der Waals surface area contributed by atoms with E-state index >= 15 is 0 Å². The van der Waals surface area contributed by atoms with Crippen LogP contribution in [0, 0.1) is 11.6 Å². The minimum atomic E-state index is -0.901. The highest BCUT2D eigenvalue weighted by molar-refractivity contribution is 7.99. The first-order valence-corrected chi connectivity index (χ1v) is 5.55. The van der Waals surface area contributed by atoms with Crippen molar-refractivity contribution in [2.45, 2.75) is 16.7 Å². The summed E-state index contributed by atoms with van der Waals surface area (Å²) in [7, 11) is 0. The zero-order valence-corrected chi connectivity index (χ0v) is 9.42. The Morgan fingerprint density at radius 1 is 1.12 bits per heavy atom. The van der Waals surface area contributed by atoms with Gasteiger partial charge in [-0.15, -0.1) is 0 Å². The number of benzene rings is 1. The molecule has 0 radical (unpaired) electrons. The lowest BCUT2D eigenvalue weighted by molar-refractivity contribution is 0.280. The van der Waals surface area contributed by atoms with Crippen molar-refractivity contribution in [3.63, 3.8) is 0 Å². The summed E-state index contributed by atoms with van der Waals surface area (Å²) in [6.45, 7) is -0.129. The second kappa shape index (κ2) is 5.20. The SMILES string of the molecule is OCc1cnc(Sc2ccc(F)c(F)c2)nc1. The predicted octanol–water partition coefficient (Wildman–Crippen LogP) is 2.40. The highest BCUT2D eigenvalue weighted by Gasteiger charge is 2.05. The molecule has 1 aromatic heterocycles. The zero-order valence-electron chi connectivity index (χ0n) is 8.60. The van der Waals surface area contributed by atoms with Gasteiger partial charge in [0, 0.05) is 22.9 Å². The van der Waals surface area contributed by atoms with Crippen LogP contribution in [0.15, 0.2) is 40.6 Å². The third kappa shape index (κ3) is 2.98. The van der Waals surface area contributed by atoms with E-state index in [0.29, 0.717) is 15.6 Å². The van der Waals surface area contributed by atoms with E-state index in [9.17, 15) is 8.78 Å². The number of aromatic nitrogens is 2. The summed E-state index contributed by atoms with van der Waals surface area (Å²) in [5.41, 5.74) is 0.597. The number of hydrogen-bond donors (Lipinski definition) is 1. The van der Waals surface area contributed by atoms with Crippen LogP contribution in [0.3, 0.4) is 0 Å². The summed E-state index contributed by atoms with van der Waals surface area (Å²) >= 11 is 1.12. The molecule has 2 aromatic rings. The highest BCUT2D eigenvalue weighted by Crippen LogP contribution is 2.25. The third-order valence-corrected chi connectivity index (χ3v) is 2.85. The quantitative estimate of drug-likeness (QED) is 0.854. The highest BCUT2D eigenvalue weighted by atomic mass is 32.2. The van der Waals surface area contributed by atoms with Gasteiger partial charge in [0.2, 0.25) is 0 Å². The third-order valence-electron chi connectivity index (χ3n) is 1.96. The molecule has 0 aliphatic heterocycles. The average molecular weight is 254 g/mol. The van der Waals surface area contributed by atoms with Gasteiger partial charge in [-0.05, 0) is 30.0 Å². The van der Waals surface area contributed by atoms with Gasteiger partial charge in [-0.25, -0.2) is 18.7 Å². The Morgan fingerprint density at radius 3 is 2.41 bits per heavy atom. The van der Waals surface area contributed by atoms with Gasteiger partial charge in [-0.1, -0.05) is 0 Å². The van der Waals surface area contributed by atoms with E-state index in [1.807, 2.05) is 0 Å². The van der Waals surface area contributed by atoms with Crippen LogP contribution >= 0.6 is 11.8 Å². The molecule has 0 aliphatic rings. The van der Waals surface area contributed by atoms with Gasteiger partial charge in [0.25, 0.3) is 0 Å². The molecule has 2 rings (SSSR count). The smallest absolute Gasteiger partial charge is 0.192 e. The Bertz CT molecular complexity index is 519. The fourth-order valence-electron chi connectivity index (χ4n) is 1.12. The standard InChI is InChI=1S/C11H8F2N2OS/c12-9-2-1-8(3-10(9)13)17-11-14-4-7(6-16)5-15-11/h1-5,16H,6H2. The fraction of sp³-hybridized carbons (Fsp3) is 0.0909. The molecule has 17 heavy (non-hydrogen) atoms. The Balaban J connectivity index is 2.16. The van der Waals surface area contributed by atoms with Crippen LogP contribution < -0.4 is 0 Å². The molecule has 0 unspecified atom stereocenters. The molecule has 0 spiro atoms. The van der Waals surface area contributed by atoms with Gasteiger partial charge in [-0.3, -0.25) is 0 Å². The van der Waals surface area contributed by atoms with Crippen molar-refractivity contribution in [1.29, 1.82) is 0 Å². The van der Waals surface area contributed by atoms with Gasteiger partial charge >= 0.3 is 0 Å². The van der Waals surface area contributed by atoms with E-state index in [4.69, 9.17) is 5.11 Å². The van der Waals surface area contributed by atoms with E-state index < -0.39 is 11.6 Å². The summed E-state index contributed by atoms with van der Waals surface area (Å²) in [6.07, 6.45) is 2.96. The first-order valence-electron chi connectivity index (χ1n) is 4.73. The Hall–Kier alpha value is -1.53. The van der Waals surface area contributed by atoms with E-state index in [1.54, 1.807) is 0 Å². The maximum atomic E-state index is 12.9. The summed E-state index contributed by atoms with van der Waals surface area (Å²) in [4.78, 5) is 8.46. The number of rotatable bonds is 3. The van der Waals surface area contributed by atoms with Crippen molar-refractivity contribution in [1.82, 2.24) is 9.97 Å². The van der Waals surface area contributed by atoms with Crippen LogP contribution in [0.1, 0.15) is 5.56 Å². The molecule has 0 saturated carbocycles. The molecule has 0 saturated heterocycles. The van der Waals surface area contributed by atoms with Crippen molar-refractivity contribution in [2.75, 3.05) is 0 Å². The summed E-state index contributed by atoms with van der Waals surface area (Å²) < 4.78 is 25.6. The van der Waals surface area contributed by atoms with Crippen LogP contribution in [-0.4, -0.2) is 15.1 Å². The number of halogens is 2. The lowest BCUT2D eigenvalue weighted by Crippen LogP contribution is -1.91. The summed E-state index contributed by atoms with van der Waals surface area (Å²) in [6, 6.07) is 3.59. The van der Waals surface area contributed by atoms with Crippen molar-refractivity contribution in [3.8, 4) is 0 Å². The molecule has 88 valence electrons. The van der Waals surface area contributed by atoms with Gasteiger partial charge < -0.3 is 5.11 Å². The molecule has 0 bridgehead atoms. The molecule has 0 fully saturated rings. The Labute approximate surface area is 101 Å². The van der Waals surface area contributed by atoms with Gasteiger partial charge in [0.1, 0.15) is 0 Å². The first kappa shape index (κ1) is 11.9. The normalized spacial score (nSPS) is 10.5. The van der Waals surface area contributed by atoms with Crippen LogP contribution in [-0.2, 0) is 6.61 Å². The fourth-order valence-corrected chi connectivity index (χ4v) is 1.84. The largest absolute Gasteiger partial charge is 0.392 e. The Morgan fingerprint density at radius 2 is 1.82 bits per heavy atom. The summed E-state index contributed by atoms with van der Waals surface area (Å²) in [5.74, 6) is -1.78. The van der Waals surface area contributed by atoms with Gasteiger partial charge in [0.15, 0.2) is 16.8 Å². The molecule has 0 atom stereocenters. The molecule has 1 N–H and O–H groups in total. The van der Waals surface area contributed by atoms with Crippen molar-refractivity contribution < 1.29 is 13.9 Å². The zero-order chi connectivity index (χ0) is 12.3. The van der Waals surface area contributed by atoms with Crippen LogP contribution in [0.5, 0.6) is 0 Å². The van der Waals surface area contributed by atoms with Gasteiger partial charge in [-0.2, -0.15) is 0 Å². The van der Waals surface area contributed by atoms with Crippen molar-refractivity contribution in [3.05, 3.63) is 47.8 Å². The van der Waals surface area contributed by atoms with E-state index in [-0.39, 0.29) is 6.61 Å². The van der Waals surface area contributed by atoms with Crippen molar-refractivity contribution >= 4 is 11.8 Å². The molecule has 1 aromatic carbocycles. The van der Waals surface area contributed by atoms with E-state index in [2.05, 4.69) is 9.97 Å². The summed E-state index contributed by atoms with van der Waals surface area (Å²) in [5, 5.41) is 9.22. The maximum Gasteiger partial charge on any atom is 0.192 e. The van der Waals surface area contributed by atoms with Crippen LogP contribution in [0.4, 0.5) is 8.78 Å². The number of nitrogens with zero attached hydrogens (tertiary/aromatic N) is 2. The number of aliphatic hydroxyl groups is 1. The first-order chi connectivity index (χ1) is 8.19. The van der Waals surface area contributed by atoms with E-state index in [0.717, 1.165) is 23.9 Å². The molecule has 6 heteroatoms. The lowest BCUT2D eigenvalue weighted by Gasteiger charge is -2.01. The molecule has 1 heterocycles. The second-order valence-electron chi connectivity index (χ2n) is 3.21. The monoisotopic (exact) mass is 254 g/mol. The minimum Gasteiger partial charge on any atom is -0.392 e. The van der Waals surface area contributed by atoms with Crippen LogP contribution in [0.2, 0.25) is 0 Å². The predicted molar refractivity (Wildman–Crippen MR) is 58.4 cm³/mol. The molecular weight excluding hydrogens is 246 g/mol. The van der Waals surface area contributed by atoms with Gasteiger partial charge in [0.05, 0.1) is 6.61 Å². The van der Waals surface area contributed by atoms with E-state index in [1.165, 1.54) is 18.5 Å². The number of aliphatic hydroxyl groups excluding tert-OH is 1. The molecule has 3 nitrogen and oxygen atoms in total. The topological polar surface area (TPSA) is 46.0 Å². The van der Waals surface area contributed by atoms with Crippen LogP contribution in [0.25, 0.3) is 0 Å². The average Bonchev–Trinajstić information content (AvgIpc) is 2.35. The lowest BCUT2D eigenvalue weighted by atomic mass is 10.3. The van der Waals surface area contributed by atoms with Crippen molar-refractivity contribution in [2.24, 2.45) is 0 Å². The molecule has 0 aliphatic carbocycles. The maximum absolute atomic E-state index is 12.9. The molecule has 0 amide bonds. The Kier molecular flexibility index (Phi) is 3.65. The minimum absolute atomic E-state index is 0.129. The second-order valence-corrected chi connectivity index (χ2v) is 4.25. The molecular formula is C11H8F2N2OS. The number of hydrogen-bond acceptors (Lipinski definition) is 4.